The zero-order chi connectivity index (χ0) is 13.0. The van der Waals surface area contributed by atoms with Gasteiger partial charge in [0.25, 0.3) is 0 Å². The molecule has 0 bridgehead atoms. The van der Waals surface area contributed by atoms with Gasteiger partial charge < -0.3 is 0 Å². The lowest BCUT2D eigenvalue weighted by molar-refractivity contribution is 0.104. The van der Waals surface area contributed by atoms with Crippen molar-refractivity contribution < 1.29 is 4.79 Å². The van der Waals surface area contributed by atoms with Crippen molar-refractivity contribution in [1.29, 1.82) is 0 Å². The van der Waals surface area contributed by atoms with Gasteiger partial charge in [0.15, 0.2) is 5.78 Å². The second kappa shape index (κ2) is 5.45. The summed E-state index contributed by atoms with van der Waals surface area (Å²) in [6.45, 7) is 4.83. The first-order valence-corrected chi connectivity index (χ1v) is 6.01. The summed E-state index contributed by atoms with van der Waals surface area (Å²) in [5.41, 5.74) is 2.60. The molecule has 0 amide bonds. The van der Waals surface area contributed by atoms with Gasteiger partial charge in [0, 0.05) is 18.3 Å². The van der Waals surface area contributed by atoms with E-state index < -0.39 is 0 Å². The molecule has 2 aromatic rings. The highest BCUT2D eigenvalue weighted by molar-refractivity contribution is 6.06. The third-order valence-corrected chi connectivity index (χ3v) is 2.69. The van der Waals surface area contributed by atoms with E-state index in [-0.39, 0.29) is 5.78 Å². The molecule has 1 heterocycles. The Morgan fingerprint density at radius 2 is 2.22 bits per heavy atom. The van der Waals surface area contributed by atoms with Gasteiger partial charge in [-0.15, -0.1) is 0 Å². The van der Waals surface area contributed by atoms with E-state index in [2.05, 4.69) is 5.10 Å². The van der Waals surface area contributed by atoms with Crippen LogP contribution in [0.15, 0.2) is 42.6 Å². The number of allylic oxidation sites excluding steroid dienone is 1. The molecule has 0 fully saturated rings. The number of hydrogen-bond donors (Lipinski definition) is 0. The number of nitrogens with zero attached hydrogens (tertiary/aromatic N) is 2. The first-order chi connectivity index (χ1) is 8.69. The Bertz CT molecular complexity index is 582. The fourth-order valence-electron chi connectivity index (χ4n) is 1.70. The van der Waals surface area contributed by atoms with Gasteiger partial charge in [-0.3, -0.25) is 9.48 Å². The molecule has 18 heavy (non-hydrogen) atoms. The lowest BCUT2D eigenvalue weighted by atomic mass is 10.1. The van der Waals surface area contributed by atoms with Crippen molar-refractivity contribution in [2.45, 2.75) is 20.4 Å². The van der Waals surface area contributed by atoms with E-state index in [1.54, 1.807) is 12.2 Å². The van der Waals surface area contributed by atoms with Crippen LogP contribution in [0.1, 0.15) is 28.5 Å². The highest BCUT2D eigenvalue weighted by Gasteiger charge is 2.01. The summed E-state index contributed by atoms with van der Waals surface area (Å²) >= 11 is 0. The average Bonchev–Trinajstić information content (AvgIpc) is 2.84. The summed E-state index contributed by atoms with van der Waals surface area (Å²) in [6, 6.07) is 9.47. The van der Waals surface area contributed by atoms with E-state index in [1.165, 1.54) is 0 Å². The number of aromatic nitrogens is 2. The summed E-state index contributed by atoms with van der Waals surface area (Å²) < 4.78 is 1.83. The third kappa shape index (κ3) is 2.94. The summed E-state index contributed by atoms with van der Waals surface area (Å²) in [6.07, 6.45) is 5.21. The highest BCUT2D eigenvalue weighted by atomic mass is 16.1. The summed E-state index contributed by atoms with van der Waals surface area (Å²) in [5.74, 6) is 0.00440. The van der Waals surface area contributed by atoms with Gasteiger partial charge in [-0.1, -0.05) is 23.8 Å². The Kier molecular flexibility index (Phi) is 3.72. The van der Waals surface area contributed by atoms with Gasteiger partial charge in [0.1, 0.15) is 0 Å². The molecule has 92 valence electrons. The van der Waals surface area contributed by atoms with Crippen LogP contribution in [0, 0.1) is 6.92 Å². The topological polar surface area (TPSA) is 34.9 Å². The molecule has 0 saturated carbocycles. The maximum atomic E-state index is 11.9. The predicted molar refractivity (Wildman–Crippen MR) is 72.4 cm³/mol. The molecular weight excluding hydrogens is 224 g/mol. The van der Waals surface area contributed by atoms with Crippen molar-refractivity contribution in [3.63, 3.8) is 0 Å². The molecule has 1 aromatic carbocycles. The smallest absolute Gasteiger partial charge is 0.185 e. The molecule has 0 unspecified atom stereocenters. The number of rotatable bonds is 4. The lowest BCUT2D eigenvalue weighted by Gasteiger charge is -1.96. The van der Waals surface area contributed by atoms with Crippen LogP contribution in [0.2, 0.25) is 0 Å². The minimum Gasteiger partial charge on any atom is -0.289 e. The van der Waals surface area contributed by atoms with Gasteiger partial charge in [0.05, 0.1) is 5.69 Å². The van der Waals surface area contributed by atoms with Crippen LogP contribution in [-0.4, -0.2) is 15.6 Å². The molecule has 0 aliphatic rings. The SMILES string of the molecule is CCn1ccc(/C=C/C(=O)c2cccc(C)c2)n1. The number of hydrogen-bond acceptors (Lipinski definition) is 2. The molecule has 1 aromatic heterocycles. The summed E-state index contributed by atoms with van der Waals surface area (Å²) in [5, 5.41) is 4.29. The van der Waals surface area contributed by atoms with Crippen LogP contribution in [0.25, 0.3) is 6.08 Å². The normalized spacial score (nSPS) is 11.0. The second-order valence-electron chi connectivity index (χ2n) is 4.16. The molecule has 0 N–H and O–H groups in total. The Morgan fingerprint density at radius 1 is 1.39 bits per heavy atom. The maximum Gasteiger partial charge on any atom is 0.185 e. The molecule has 3 nitrogen and oxygen atoms in total. The van der Waals surface area contributed by atoms with E-state index in [0.29, 0.717) is 5.56 Å². The van der Waals surface area contributed by atoms with Crippen molar-refractivity contribution >= 4 is 11.9 Å². The predicted octanol–water partition coefficient (Wildman–Crippen LogP) is 3.11. The van der Waals surface area contributed by atoms with Crippen LogP contribution in [0.5, 0.6) is 0 Å². The number of aryl methyl sites for hydroxylation is 2. The summed E-state index contributed by atoms with van der Waals surface area (Å²) in [7, 11) is 0. The van der Waals surface area contributed by atoms with Crippen molar-refractivity contribution in [1.82, 2.24) is 9.78 Å². The fourth-order valence-corrected chi connectivity index (χ4v) is 1.70. The van der Waals surface area contributed by atoms with Crippen molar-refractivity contribution in [3.05, 3.63) is 59.4 Å². The van der Waals surface area contributed by atoms with E-state index in [9.17, 15) is 4.79 Å². The quantitative estimate of drug-likeness (QED) is 0.608. The molecular formula is C15H16N2O. The number of benzene rings is 1. The molecule has 0 spiro atoms. The van der Waals surface area contributed by atoms with Crippen molar-refractivity contribution in [3.8, 4) is 0 Å². The minimum atomic E-state index is 0.00440. The minimum absolute atomic E-state index is 0.00440. The first-order valence-electron chi connectivity index (χ1n) is 6.01. The lowest BCUT2D eigenvalue weighted by Crippen LogP contribution is -1.95. The van der Waals surface area contributed by atoms with Gasteiger partial charge in [-0.2, -0.15) is 5.10 Å². The zero-order valence-electron chi connectivity index (χ0n) is 10.6. The van der Waals surface area contributed by atoms with Crippen molar-refractivity contribution in [2.75, 3.05) is 0 Å². The van der Waals surface area contributed by atoms with E-state index in [0.717, 1.165) is 17.8 Å². The van der Waals surface area contributed by atoms with Crippen LogP contribution in [0.3, 0.4) is 0 Å². The highest BCUT2D eigenvalue weighted by Crippen LogP contribution is 2.07. The van der Waals surface area contributed by atoms with Gasteiger partial charge in [-0.25, -0.2) is 0 Å². The summed E-state index contributed by atoms with van der Waals surface area (Å²) in [4.78, 5) is 11.9. The van der Waals surface area contributed by atoms with E-state index >= 15 is 0 Å². The maximum absolute atomic E-state index is 11.9. The standard InChI is InChI=1S/C15H16N2O/c1-3-17-10-9-14(16-17)7-8-15(18)13-6-4-5-12(2)11-13/h4-11H,3H2,1-2H3/b8-7+. The van der Waals surface area contributed by atoms with E-state index in [1.807, 2.05) is 55.1 Å². The zero-order valence-corrected chi connectivity index (χ0v) is 10.6. The Morgan fingerprint density at radius 3 is 2.89 bits per heavy atom. The van der Waals surface area contributed by atoms with Gasteiger partial charge in [-0.05, 0) is 38.1 Å². The monoisotopic (exact) mass is 240 g/mol. The molecule has 0 saturated heterocycles. The van der Waals surface area contributed by atoms with Crippen molar-refractivity contribution in [2.24, 2.45) is 0 Å². The molecule has 0 aliphatic heterocycles. The molecule has 0 radical (unpaired) electrons. The van der Waals surface area contributed by atoms with Crippen LogP contribution in [0.4, 0.5) is 0 Å². The first kappa shape index (κ1) is 12.3. The fraction of sp³-hybridized carbons (Fsp3) is 0.200. The number of ketones is 1. The Labute approximate surface area is 107 Å². The van der Waals surface area contributed by atoms with Crippen LogP contribution < -0.4 is 0 Å². The van der Waals surface area contributed by atoms with Gasteiger partial charge >= 0.3 is 0 Å². The largest absolute Gasteiger partial charge is 0.289 e. The number of carbonyl (C=O) groups excluding carboxylic acids is 1. The third-order valence-electron chi connectivity index (χ3n) is 2.69. The molecule has 2 rings (SSSR count). The number of carbonyl (C=O) groups is 1. The van der Waals surface area contributed by atoms with Crippen LogP contribution in [-0.2, 0) is 6.54 Å². The van der Waals surface area contributed by atoms with Gasteiger partial charge in [0.2, 0.25) is 0 Å². The molecule has 0 aliphatic carbocycles. The average molecular weight is 240 g/mol. The van der Waals surface area contributed by atoms with Crippen LogP contribution >= 0.6 is 0 Å². The molecule has 3 heteroatoms. The Balaban J connectivity index is 2.11. The molecule has 0 atom stereocenters. The van der Waals surface area contributed by atoms with E-state index in [4.69, 9.17) is 0 Å². The Hall–Kier alpha value is -2.16. The second-order valence-corrected chi connectivity index (χ2v) is 4.16.